The fourth-order valence-electron chi connectivity index (χ4n) is 1.09. The van der Waals surface area contributed by atoms with Gasteiger partial charge in [-0.3, -0.25) is 0 Å². The molecule has 0 unspecified atom stereocenters. The van der Waals surface area contributed by atoms with Crippen LogP contribution in [0.25, 0.3) is 0 Å². The molecule has 5 nitrogen and oxygen atoms in total. The number of hydrogen-bond acceptors (Lipinski definition) is 5. The van der Waals surface area contributed by atoms with Crippen molar-refractivity contribution in [2.75, 3.05) is 6.61 Å². The largest absolute Gasteiger partial charge is 0.390 e. The molecule has 0 fully saturated rings. The van der Waals surface area contributed by atoms with Gasteiger partial charge in [0, 0.05) is 0 Å². The van der Waals surface area contributed by atoms with Crippen molar-refractivity contribution in [3.05, 3.63) is 0 Å². The summed E-state index contributed by atoms with van der Waals surface area (Å²) < 4.78 is 5.09. The lowest BCUT2D eigenvalue weighted by Gasteiger charge is -2.26. The maximum absolute atomic E-state index is 9.46. The maximum Gasteiger partial charge on any atom is 0.110 e. The molecule has 0 radical (unpaired) electrons. The zero-order chi connectivity index (χ0) is 12.0. The molecule has 0 saturated heterocycles. The van der Waals surface area contributed by atoms with E-state index in [1.165, 1.54) is 0 Å². The van der Waals surface area contributed by atoms with Crippen molar-refractivity contribution >= 4 is 0 Å². The van der Waals surface area contributed by atoms with Gasteiger partial charge in [0.05, 0.1) is 18.8 Å². The molecule has 0 heterocycles. The third-order valence-electron chi connectivity index (χ3n) is 2.16. The third-order valence-corrected chi connectivity index (χ3v) is 2.16. The van der Waals surface area contributed by atoms with Crippen molar-refractivity contribution in [1.29, 1.82) is 0 Å². The first-order valence-corrected chi connectivity index (χ1v) is 5.24. The molecule has 92 valence electrons. The van der Waals surface area contributed by atoms with Gasteiger partial charge >= 0.3 is 0 Å². The normalized spacial score (nSPS) is 20.0. The second-order valence-corrected chi connectivity index (χ2v) is 3.91. The third kappa shape index (κ3) is 5.44. The summed E-state index contributed by atoms with van der Waals surface area (Å²) in [7, 11) is 0. The SMILES string of the molecule is CC[C@@H](O)[C@@H](O)[C@H](O)[C@H](O)COC(C)C. The first-order valence-electron chi connectivity index (χ1n) is 5.24. The first-order chi connectivity index (χ1) is 6.90. The fraction of sp³-hybridized carbons (Fsp3) is 1.00. The lowest BCUT2D eigenvalue weighted by atomic mass is 10.0. The van der Waals surface area contributed by atoms with Crippen molar-refractivity contribution in [3.8, 4) is 0 Å². The van der Waals surface area contributed by atoms with E-state index >= 15 is 0 Å². The van der Waals surface area contributed by atoms with E-state index in [9.17, 15) is 20.4 Å². The van der Waals surface area contributed by atoms with Gasteiger partial charge in [-0.25, -0.2) is 0 Å². The van der Waals surface area contributed by atoms with Gasteiger partial charge in [-0.05, 0) is 20.3 Å². The summed E-state index contributed by atoms with van der Waals surface area (Å²) >= 11 is 0. The Balaban J connectivity index is 4.01. The first kappa shape index (κ1) is 14.8. The fourth-order valence-corrected chi connectivity index (χ4v) is 1.09. The molecule has 0 spiro atoms. The molecule has 0 aliphatic carbocycles. The van der Waals surface area contributed by atoms with Gasteiger partial charge in [-0.2, -0.15) is 0 Å². The van der Waals surface area contributed by atoms with Gasteiger partial charge in [-0.15, -0.1) is 0 Å². The molecule has 0 aliphatic heterocycles. The standard InChI is InChI=1S/C10H22O5/c1-4-7(11)9(13)10(14)8(12)5-15-6(2)3/h6-14H,4-5H2,1-3H3/t7-,8-,9-,10-/m1/s1. The molecule has 4 atom stereocenters. The highest BCUT2D eigenvalue weighted by Crippen LogP contribution is 2.08. The molecule has 5 heteroatoms. The second kappa shape index (κ2) is 7.14. The molecular weight excluding hydrogens is 200 g/mol. The van der Waals surface area contributed by atoms with Gasteiger partial charge in [0.1, 0.15) is 18.3 Å². The van der Waals surface area contributed by atoms with Crippen LogP contribution >= 0.6 is 0 Å². The van der Waals surface area contributed by atoms with Crippen LogP contribution in [0.5, 0.6) is 0 Å². The van der Waals surface area contributed by atoms with E-state index < -0.39 is 24.4 Å². The number of hydrogen-bond donors (Lipinski definition) is 4. The summed E-state index contributed by atoms with van der Waals surface area (Å²) in [6, 6.07) is 0. The van der Waals surface area contributed by atoms with E-state index in [1.807, 2.05) is 0 Å². The van der Waals surface area contributed by atoms with E-state index in [2.05, 4.69) is 0 Å². The molecule has 4 N–H and O–H groups in total. The van der Waals surface area contributed by atoms with Crippen molar-refractivity contribution in [2.45, 2.75) is 57.7 Å². The monoisotopic (exact) mass is 222 g/mol. The maximum atomic E-state index is 9.46. The molecule has 15 heavy (non-hydrogen) atoms. The van der Waals surface area contributed by atoms with E-state index in [4.69, 9.17) is 4.74 Å². The van der Waals surface area contributed by atoms with Crippen molar-refractivity contribution in [2.24, 2.45) is 0 Å². The summed E-state index contributed by atoms with van der Waals surface area (Å²) in [6.45, 7) is 5.22. The van der Waals surface area contributed by atoms with Crippen molar-refractivity contribution in [1.82, 2.24) is 0 Å². The van der Waals surface area contributed by atoms with Crippen LogP contribution in [0.3, 0.4) is 0 Å². The molecule has 0 amide bonds. The van der Waals surface area contributed by atoms with E-state index in [0.29, 0.717) is 6.42 Å². The van der Waals surface area contributed by atoms with E-state index in [-0.39, 0.29) is 12.7 Å². The van der Waals surface area contributed by atoms with Crippen molar-refractivity contribution in [3.63, 3.8) is 0 Å². The minimum Gasteiger partial charge on any atom is -0.390 e. The summed E-state index contributed by atoms with van der Waals surface area (Å²) in [5.41, 5.74) is 0. The van der Waals surface area contributed by atoms with Crippen LogP contribution in [-0.4, -0.2) is 57.6 Å². The Hall–Kier alpha value is -0.200. The lowest BCUT2D eigenvalue weighted by molar-refractivity contribution is -0.126. The van der Waals surface area contributed by atoms with Gasteiger partial charge in [0.15, 0.2) is 0 Å². The van der Waals surface area contributed by atoms with E-state index in [0.717, 1.165) is 0 Å². The van der Waals surface area contributed by atoms with Crippen LogP contribution in [0.15, 0.2) is 0 Å². The van der Waals surface area contributed by atoms with Gasteiger partial charge < -0.3 is 25.2 Å². The Morgan fingerprint density at radius 2 is 1.40 bits per heavy atom. The topological polar surface area (TPSA) is 90.2 Å². The van der Waals surface area contributed by atoms with Crippen LogP contribution in [-0.2, 0) is 4.74 Å². The summed E-state index contributed by atoms with van der Waals surface area (Å²) in [5.74, 6) is 0. The highest BCUT2D eigenvalue weighted by atomic mass is 16.5. The van der Waals surface area contributed by atoms with Crippen LogP contribution in [0.2, 0.25) is 0 Å². The molecule has 0 aliphatic rings. The Morgan fingerprint density at radius 3 is 1.80 bits per heavy atom. The Morgan fingerprint density at radius 1 is 0.933 bits per heavy atom. The zero-order valence-electron chi connectivity index (χ0n) is 9.50. The zero-order valence-corrected chi connectivity index (χ0v) is 9.50. The predicted octanol–water partition coefficient (Wildman–Crippen LogP) is -0.735. The quantitative estimate of drug-likeness (QED) is 0.456. The average Bonchev–Trinajstić information content (AvgIpc) is 2.22. The highest BCUT2D eigenvalue weighted by Gasteiger charge is 2.29. The van der Waals surface area contributed by atoms with E-state index in [1.54, 1.807) is 20.8 Å². The predicted molar refractivity (Wildman–Crippen MR) is 55.4 cm³/mol. The molecule has 0 bridgehead atoms. The second-order valence-electron chi connectivity index (χ2n) is 3.91. The molecule has 0 aromatic carbocycles. The Kier molecular flexibility index (Phi) is 7.04. The molecule has 0 aromatic heterocycles. The number of ether oxygens (including phenoxy) is 1. The van der Waals surface area contributed by atoms with Crippen molar-refractivity contribution < 1.29 is 25.2 Å². The molecule has 0 saturated carbocycles. The molecule has 0 aromatic rings. The number of aliphatic hydroxyl groups is 4. The van der Waals surface area contributed by atoms with Crippen LogP contribution in [0, 0.1) is 0 Å². The van der Waals surface area contributed by atoms with Crippen LogP contribution < -0.4 is 0 Å². The highest BCUT2D eigenvalue weighted by molar-refractivity contribution is 4.80. The Labute approximate surface area is 90.3 Å². The average molecular weight is 222 g/mol. The van der Waals surface area contributed by atoms with Crippen LogP contribution in [0.1, 0.15) is 27.2 Å². The smallest absolute Gasteiger partial charge is 0.110 e. The van der Waals surface area contributed by atoms with Crippen LogP contribution in [0.4, 0.5) is 0 Å². The number of aliphatic hydroxyl groups excluding tert-OH is 4. The van der Waals surface area contributed by atoms with Gasteiger partial charge in [0.2, 0.25) is 0 Å². The molecular formula is C10H22O5. The minimum atomic E-state index is -1.39. The number of rotatable bonds is 7. The summed E-state index contributed by atoms with van der Waals surface area (Å²) in [4.78, 5) is 0. The van der Waals surface area contributed by atoms with Gasteiger partial charge in [0.25, 0.3) is 0 Å². The van der Waals surface area contributed by atoms with Gasteiger partial charge in [-0.1, -0.05) is 6.92 Å². The Bertz CT molecular complexity index is 162. The minimum absolute atomic E-state index is 0.0555. The summed E-state index contributed by atoms with van der Waals surface area (Å²) in [5, 5.41) is 37.6. The lowest BCUT2D eigenvalue weighted by Crippen LogP contribution is -2.46. The molecule has 0 rings (SSSR count). The summed E-state index contributed by atoms with van der Waals surface area (Å²) in [6.07, 6.45) is -4.70.